The molecule has 2 N–H and O–H groups in total. The van der Waals surface area contributed by atoms with Gasteiger partial charge in [-0.1, -0.05) is 17.7 Å². The summed E-state index contributed by atoms with van der Waals surface area (Å²) in [5, 5.41) is 5.19. The third-order valence-electron chi connectivity index (χ3n) is 4.92. The maximum atomic E-state index is 12.3. The molecule has 3 rings (SSSR count). The number of hydrogen-bond acceptors (Lipinski definition) is 3. The maximum Gasteiger partial charge on any atom is 0.325 e. The molecule has 1 aromatic carbocycles. The van der Waals surface area contributed by atoms with Crippen LogP contribution < -0.4 is 10.6 Å². The molecule has 0 radical (unpaired) electrons. The molecular weight excluding hydrogens is 328 g/mol. The number of aryl methyl sites for hydroxylation is 3. The van der Waals surface area contributed by atoms with Crippen LogP contribution in [0.3, 0.4) is 0 Å². The highest BCUT2D eigenvalue weighted by molar-refractivity contribution is 6.02. The first kappa shape index (κ1) is 18.2. The van der Waals surface area contributed by atoms with Gasteiger partial charge in [-0.15, -0.1) is 0 Å². The Bertz CT molecular complexity index is 812. The predicted molar refractivity (Wildman–Crippen MR) is 102 cm³/mol. The van der Waals surface area contributed by atoms with E-state index in [1.807, 2.05) is 51.4 Å². The minimum atomic E-state index is -0.489. The molecule has 26 heavy (non-hydrogen) atoms. The van der Waals surface area contributed by atoms with E-state index >= 15 is 0 Å². The number of likely N-dealkylation sites (tertiary alicyclic amines) is 1. The monoisotopic (exact) mass is 354 g/mol. The molecule has 0 unspecified atom stereocenters. The quantitative estimate of drug-likeness (QED) is 0.886. The fraction of sp³-hybridized carbons (Fsp3) is 0.400. The van der Waals surface area contributed by atoms with Gasteiger partial charge in [0.15, 0.2) is 0 Å². The van der Waals surface area contributed by atoms with Crippen molar-refractivity contribution in [3.05, 3.63) is 53.3 Å². The number of amides is 3. The van der Waals surface area contributed by atoms with Gasteiger partial charge in [0, 0.05) is 24.6 Å². The first-order chi connectivity index (χ1) is 12.4. The van der Waals surface area contributed by atoms with Gasteiger partial charge in [0.05, 0.1) is 12.6 Å². The van der Waals surface area contributed by atoms with E-state index in [4.69, 9.17) is 0 Å². The number of benzene rings is 1. The minimum absolute atomic E-state index is 0.218. The second-order valence-electron chi connectivity index (χ2n) is 6.99. The van der Waals surface area contributed by atoms with Crippen LogP contribution in [0.25, 0.3) is 0 Å². The Morgan fingerprint density at radius 1 is 1.23 bits per heavy atom. The molecule has 0 bridgehead atoms. The fourth-order valence-corrected chi connectivity index (χ4v) is 3.63. The van der Waals surface area contributed by atoms with Crippen molar-refractivity contribution < 1.29 is 9.59 Å². The van der Waals surface area contributed by atoms with Crippen LogP contribution in [0.5, 0.6) is 0 Å². The molecular formula is C20H26N4O2. The third kappa shape index (κ3) is 4.14. The van der Waals surface area contributed by atoms with E-state index in [1.165, 1.54) is 5.69 Å². The Balaban J connectivity index is 1.56. The van der Waals surface area contributed by atoms with Crippen molar-refractivity contribution in [3.63, 3.8) is 0 Å². The topological polar surface area (TPSA) is 66.4 Å². The normalized spacial score (nSPS) is 17.3. The highest BCUT2D eigenvalue weighted by atomic mass is 16.2. The van der Waals surface area contributed by atoms with Gasteiger partial charge in [-0.3, -0.25) is 15.0 Å². The molecule has 2 heterocycles. The maximum absolute atomic E-state index is 12.3. The largest absolute Gasteiger partial charge is 0.353 e. The molecule has 1 saturated heterocycles. The van der Waals surface area contributed by atoms with Gasteiger partial charge >= 0.3 is 6.03 Å². The zero-order chi connectivity index (χ0) is 18.7. The lowest BCUT2D eigenvalue weighted by atomic mass is 10.1. The molecule has 1 aliphatic rings. The average Bonchev–Trinajstić information content (AvgIpc) is 3.18. The Morgan fingerprint density at radius 2 is 2.04 bits per heavy atom. The van der Waals surface area contributed by atoms with Gasteiger partial charge in [-0.05, 0) is 57.0 Å². The van der Waals surface area contributed by atoms with Crippen molar-refractivity contribution in [1.29, 1.82) is 0 Å². The number of anilines is 1. The molecule has 138 valence electrons. The average molecular weight is 354 g/mol. The van der Waals surface area contributed by atoms with Crippen LogP contribution in [-0.4, -0.2) is 34.5 Å². The van der Waals surface area contributed by atoms with Gasteiger partial charge in [-0.25, -0.2) is 4.79 Å². The van der Waals surface area contributed by atoms with E-state index in [0.29, 0.717) is 5.69 Å². The summed E-state index contributed by atoms with van der Waals surface area (Å²) in [6.45, 7) is 5.01. The van der Waals surface area contributed by atoms with Crippen LogP contribution in [0.4, 0.5) is 10.5 Å². The van der Waals surface area contributed by atoms with Crippen LogP contribution in [-0.2, 0) is 11.8 Å². The molecule has 1 aliphatic heterocycles. The molecule has 6 nitrogen and oxygen atoms in total. The number of carbonyl (C=O) groups excluding carboxylic acids is 2. The first-order valence-corrected chi connectivity index (χ1v) is 8.97. The molecule has 1 fully saturated rings. The van der Waals surface area contributed by atoms with Crippen molar-refractivity contribution in [2.75, 3.05) is 18.4 Å². The van der Waals surface area contributed by atoms with E-state index in [1.54, 1.807) is 0 Å². The van der Waals surface area contributed by atoms with E-state index in [0.717, 1.165) is 30.5 Å². The summed E-state index contributed by atoms with van der Waals surface area (Å²) in [4.78, 5) is 26.6. The summed E-state index contributed by atoms with van der Waals surface area (Å²) in [7, 11) is 2.02. The summed E-state index contributed by atoms with van der Waals surface area (Å²) >= 11 is 0. The molecule has 1 aromatic heterocycles. The van der Waals surface area contributed by atoms with Gasteiger partial charge in [-0.2, -0.15) is 0 Å². The number of urea groups is 1. The summed E-state index contributed by atoms with van der Waals surface area (Å²) in [6.07, 6.45) is 4.10. The zero-order valence-electron chi connectivity index (χ0n) is 15.6. The van der Waals surface area contributed by atoms with Crippen LogP contribution in [0.15, 0.2) is 36.5 Å². The summed E-state index contributed by atoms with van der Waals surface area (Å²) in [6, 6.07) is 9.61. The Hall–Kier alpha value is -2.60. The molecule has 0 spiro atoms. The number of aromatic nitrogens is 1. The zero-order valence-corrected chi connectivity index (χ0v) is 15.6. The lowest BCUT2D eigenvalue weighted by Gasteiger charge is -2.24. The van der Waals surface area contributed by atoms with Crippen LogP contribution in [0.2, 0.25) is 0 Å². The highest BCUT2D eigenvalue weighted by Gasteiger charge is 2.29. The van der Waals surface area contributed by atoms with E-state index in [2.05, 4.69) is 26.2 Å². The lowest BCUT2D eigenvalue weighted by Crippen LogP contribution is -2.41. The molecule has 1 atom stereocenters. The number of nitrogens with one attached hydrogen (secondary N) is 2. The van der Waals surface area contributed by atoms with Crippen molar-refractivity contribution in [2.45, 2.75) is 32.7 Å². The van der Waals surface area contributed by atoms with E-state index in [-0.39, 0.29) is 18.5 Å². The van der Waals surface area contributed by atoms with Gasteiger partial charge in [0.25, 0.3) is 0 Å². The van der Waals surface area contributed by atoms with Gasteiger partial charge < -0.3 is 9.88 Å². The highest BCUT2D eigenvalue weighted by Crippen LogP contribution is 2.31. The smallest absolute Gasteiger partial charge is 0.325 e. The second-order valence-corrected chi connectivity index (χ2v) is 6.99. The fourth-order valence-electron chi connectivity index (χ4n) is 3.63. The van der Waals surface area contributed by atoms with E-state index in [9.17, 15) is 9.59 Å². The minimum Gasteiger partial charge on any atom is -0.353 e. The number of hydrogen-bond donors (Lipinski definition) is 2. The summed E-state index contributed by atoms with van der Waals surface area (Å²) in [5.41, 5.74) is 4.01. The van der Waals surface area contributed by atoms with Crippen molar-refractivity contribution in [2.24, 2.45) is 7.05 Å². The Kier molecular flexibility index (Phi) is 5.42. The molecule has 0 aliphatic carbocycles. The second kappa shape index (κ2) is 7.74. The number of imide groups is 1. The van der Waals surface area contributed by atoms with Crippen LogP contribution >= 0.6 is 0 Å². The predicted octanol–water partition coefficient (Wildman–Crippen LogP) is 3.13. The number of carbonyl (C=O) groups is 2. The van der Waals surface area contributed by atoms with Gasteiger partial charge in [0.1, 0.15) is 0 Å². The standard InChI is InChI=1S/C20H26N4O2/c1-14-8-9-16(15(2)12-14)21-20(26)22-19(25)13-24-11-5-7-18(24)17-6-4-10-23(17)3/h4,6,8-10,12,18H,5,7,11,13H2,1-3H3,(H2,21,22,25,26)/t18-/m0/s1. The molecule has 0 saturated carbocycles. The van der Waals surface area contributed by atoms with Crippen molar-refractivity contribution in [1.82, 2.24) is 14.8 Å². The first-order valence-electron chi connectivity index (χ1n) is 8.97. The van der Waals surface area contributed by atoms with Crippen LogP contribution in [0.1, 0.15) is 35.7 Å². The Morgan fingerprint density at radius 3 is 2.73 bits per heavy atom. The van der Waals surface area contributed by atoms with Crippen LogP contribution in [0, 0.1) is 13.8 Å². The number of nitrogens with zero attached hydrogens (tertiary/aromatic N) is 2. The molecule has 2 aromatic rings. The van der Waals surface area contributed by atoms with Gasteiger partial charge in [0.2, 0.25) is 5.91 Å². The lowest BCUT2D eigenvalue weighted by molar-refractivity contribution is -0.121. The van der Waals surface area contributed by atoms with Crippen molar-refractivity contribution >= 4 is 17.6 Å². The summed E-state index contributed by atoms with van der Waals surface area (Å²) in [5.74, 6) is -0.284. The molecule has 6 heteroatoms. The summed E-state index contributed by atoms with van der Waals surface area (Å²) < 4.78 is 2.09. The SMILES string of the molecule is Cc1ccc(NC(=O)NC(=O)CN2CCC[C@H]2c2cccn2C)c(C)c1. The third-order valence-corrected chi connectivity index (χ3v) is 4.92. The molecule has 3 amide bonds. The Labute approximate surface area is 154 Å². The van der Waals surface area contributed by atoms with Crippen molar-refractivity contribution in [3.8, 4) is 0 Å². The van der Waals surface area contributed by atoms with E-state index < -0.39 is 6.03 Å². The number of rotatable bonds is 4.